The molecule has 14 heavy (non-hydrogen) atoms. The first-order chi connectivity index (χ1) is 6.62. The largest absolute Gasteiger partial charge is 0.508 e. The maximum atomic E-state index is 10.2. The summed E-state index contributed by atoms with van der Waals surface area (Å²) in [6.07, 6.45) is 0.650. The molecule has 1 heterocycles. The van der Waals surface area contributed by atoms with Crippen LogP contribution in [0.25, 0.3) is 0 Å². The summed E-state index contributed by atoms with van der Waals surface area (Å²) in [5.74, 6) is 0.119. The molecule has 0 aromatic heterocycles. The first-order valence-corrected chi connectivity index (χ1v) is 4.92. The van der Waals surface area contributed by atoms with Gasteiger partial charge >= 0.3 is 0 Å². The van der Waals surface area contributed by atoms with Crippen LogP contribution < -0.4 is 5.32 Å². The summed E-state index contributed by atoms with van der Waals surface area (Å²) in [5, 5.41) is 22.9. The van der Waals surface area contributed by atoms with E-state index in [9.17, 15) is 10.2 Å². The third kappa shape index (κ3) is 1.59. The zero-order chi connectivity index (χ0) is 10.2. The number of rotatable bonds is 1. The van der Waals surface area contributed by atoms with E-state index in [0.717, 1.165) is 6.54 Å². The van der Waals surface area contributed by atoms with Crippen LogP contribution in [0.5, 0.6) is 5.75 Å². The zero-order valence-corrected chi connectivity index (χ0v) is 8.38. The number of phenols is 1. The van der Waals surface area contributed by atoms with Gasteiger partial charge in [0.05, 0.1) is 5.02 Å². The Kier molecular flexibility index (Phi) is 2.39. The predicted molar refractivity (Wildman–Crippen MR) is 54.5 cm³/mol. The molecule has 0 aliphatic carbocycles. The zero-order valence-electron chi connectivity index (χ0n) is 7.63. The Bertz CT molecular complexity index is 348. The second-order valence-corrected chi connectivity index (χ2v) is 4.03. The van der Waals surface area contributed by atoms with E-state index < -0.39 is 5.60 Å². The molecule has 0 spiro atoms. The third-order valence-corrected chi connectivity index (χ3v) is 2.90. The van der Waals surface area contributed by atoms with Gasteiger partial charge in [0.15, 0.2) is 0 Å². The molecule has 1 atom stereocenters. The lowest BCUT2D eigenvalue weighted by Crippen LogP contribution is -2.28. The average Bonchev–Trinajstić information content (AvgIpc) is 2.52. The minimum atomic E-state index is -0.884. The number of benzene rings is 1. The van der Waals surface area contributed by atoms with Crippen molar-refractivity contribution in [2.24, 2.45) is 0 Å². The van der Waals surface area contributed by atoms with E-state index in [1.54, 1.807) is 6.07 Å². The lowest BCUT2D eigenvalue weighted by atomic mass is 9.93. The Morgan fingerprint density at radius 2 is 2.21 bits per heavy atom. The van der Waals surface area contributed by atoms with E-state index in [1.807, 2.05) is 0 Å². The van der Waals surface area contributed by atoms with Crippen molar-refractivity contribution in [2.75, 3.05) is 13.1 Å². The van der Waals surface area contributed by atoms with Crippen molar-refractivity contribution in [3.63, 3.8) is 0 Å². The van der Waals surface area contributed by atoms with E-state index in [-0.39, 0.29) is 5.75 Å². The van der Waals surface area contributed by atoms with Crippen LogP contribution in [0.2, 0.25) is 5.02 Å². The summed E-state index contributed by atoms with van der Waals surface area (Å²) in [6, 6.07) is 4.66. The van der Waals surface area contributed by atoms with Gasteiger partial charge in [0, 0.05) is 12.1 Å². The molecule has 0 saturated carbocycles. The molecule has 1 aliphatic heterocycles. The highest BCUT2D eigenvalue weighted by molar-refractivity contribution is 6.31. The van der Waals surface area contributed by atoms with Crippen molar-refractivity contribution in [1.29, 1.82) is 0 Å². The Labute approximate surface area is 87.3 Å². The molecule has 1 aliphatic rings. The van der Waals surface area contributed by atoms with E-state index in [4.69, 9.17) is 11.6 Å². The molecular formula is C10H12ClNO2. The van der Waals surface area contributed by atoms with Crippen LogP contribution in [0.15, 0.2) is 18.2 Å². The summed E-state index contributed by atoms with van der Waals surface area (Å²) >= 11 is 5.95. The predicted octanol–water partition coefficient (Wildman–Crippen LogP) is 1.23. The molecular weight excluding hydrogens is 202 g/mol. The minimum absolute atomic E-state index is 0.119. The van der Waals surface area contributed by atoms with Gasteiger partial charge in [0.2, 0.25) is 0 Å². The summed E-state index contributed by atoms with van der Waals surface area (Å²) in [7, 11) is 0. The number of aliphatic hydroxyl groups is 1. The number of halogens is 1. The standard InChI is InChI=1S/C10H12ClNO2/c11-9-5-7(13)1-2-8(9)10(14)3-4-12-6-10/h1-2,5,12-14H,3-4,6H2. The maximum Gasteiger partial charge on any atom is 0.117 e. The molecule has 0 radical (unpaired) electrons. The van der Waals surface area contributed by atoms with Crippen LogP contribution in [0.1, 0.15) is 12.0 Å². The topological polar surface area (TPSA) is 52.5 Å². The van der Waals surface area contributed by atoms with Gasteiger partial charge in [-0.15, -0.1) is 0 Å². The Balaban J connectivity index is 2.40. The number of aromatic hydroxyl groups is 1. The highest BCUT2D eigenvalue weighted by Crippen LogP contribution is 2.34. The van der Waals surface area contributed by atoms with E-state index >= 15 is 0 Å². The molecule has 1 unspecified atom stereocenters. The van der Waals surface area contributed by atoms with Gasteiger partial charge in [0.25, 0.3) is 0 Å². The maximum absolute atomic E-state index is 10.2. The summed E-state index contributed by atoms with van der Waals surface area (Å²) in [4.78, 5) is 0. The van der Waals surface area contributed by atoms with Crippen LogP contribution in [-0.4, -0.2) is 23.3 Å². The van der Waals surface area contributed by atoms with Crippen LogP contribution in [-0.2, 0) is 5.60 Å². The van der Waals surface area contributed by atoms with Gasteiger partial charge in [-0.3, -0.25) is 0 Å². The molecule has 1 saturated heterocycles. The first-order valence-electron chi connectivity index (χ1n) is 4.54. The van der Waals surface area contributed by atoms with Gasteiger partial charge in [-0.2, -0.15) is 0 Å². The fraction of sp³-hybridized carbons (Fsp3) is 0.400. The fourth-order valence-corrected chi connectivity index (χ4v) is 2.14. The Morgan fingerprint density at radius 3 is 2.79 bits per heavy atom. The molecule has 2 rings (SSSR count). The lowest BCUT2D eigenvalue weighted by molar-refractivity contribution is 0.0588. The normalized spacial score (nSPS) is 26.7. The van der Waals surface area contributed by atoms with Crippen molar-refractivity contribution in [2.45, 2.75) is 12.0 Å². The Morgan fingerprint density at radius 1 is 1.43 bits per heavy atom. The molecule has 76 valence electrons. The first kappa shape index (κ1) is 9.77. The highest BCUT2D eigenvalue weighted by atomic mass is 35.5. The van der Waals surface area contributed by atoms with Crippen LogP contribution in [0, 0.1) is 0 Å². The van der Waals surface area contributed by atoms with Crippen LogP contribution >= 0.6 is 11.6 Å². The quantitative estimate of drug-likeness (QED) is 0.658. The monoisotopic (exact) mass is 213 g/mol. The molecule has 1 aromatic carbocycles. The van der Waals surface area contributed by atoms with Gasteiger partial charge < -0.3 is 15.5 Å². The van der Waals surface area contributed by atoms with E-state index in [0.29, 0.717) is 23.6 Å². The van der Waals surface area contributed by atoms with E-state index in [1.165, 1.54) is 12.1 Å². The molecule has 0 bridgehead atoms. The Hall–Kier alpha value is -0.770. The van der Waals surface area contributed by atoms with Crippen molar-refractivity contribution >= 4 is 11.6 Å². The number of nitrogens with one attached hydrogen (secondary N) is 1. The average molecular weight is 214 g/mol. The van der Waals surface area contributed by atoms with Crippen molar-refractivity contribution < 1.29 is 10.2 Å². The van der Waals surface area contributed by atoms with Crippen LogP contribution in [0.3, 0.4) is 0 Å². The van der Waals surface area contributed by atoms with E-state index in [2.05, 4.69) is 5.32 Å². The highest BCUT2D eigenvalue weighted by Gasteiger charge is 2.34. The molecule has 0 amide bonds. The number of β-amino-alcohol motifs (C(OH)–C–C–N with tert-alkyl or cyclic N) is 1. The summed E-state index contributed by atoms with van der Waals surface area (Å²) < 4.78 is 0. The fourth-order valence-electron chi connectivity index (χ4n) is 1.79. The van der Waals surface area contributed by atoms with Crippen molar-refractivity contribution in [3.05, 3.63) is 28.8 Å². The lowest BCUT2D eigenvalue weighted by Gasteiger charge is -2.22. The smallest absolute Gasteiger partial charge is 0.117 e. The second kappa shape index (κ2) is 3.42. The molecule has 1 aromatic rings. The molecule has 4 heteroatoms. The van der Waals surface area contributed by atoms with Crippen LogP contribution in [0.4, 0.5) is 0 Å². The van der Waals surface area contributed by atoms with Crippen molar-refractivity contribution in [1.82, 2.24) is 5.32 Å². The SMILES string of the molecule is Oc1ccc(C2(O)CCNC2)c(Cl)c1. The second-order valence-electron chi connectivity index (χ2n) is 3.62. The van der Waals surface area contributed by atoms with Gasteiger partial charge in [-0.25, -0.2) is 0 Å². The molecule has 3 nitrogen and oxygen atoms in total. The van der Waals surface area contributed by atoms with Gasteiger partial charge in [0.1, 0.15) is 11.4 Å². The molecule has 1 fully saturated rings. The summed E-state index contributed by atoms with van der Waals surface area (Å²) in [5.41, 5.74) is -0.202. The minimum Gasteiger partial charge on any atom is -0.508 e. The van der Waals surface area contributed by atoms with Gasteiger partial charge in [-0.05, 0) is 25.1 Å². The van der Waals surface area contributed by atoms with Gasteiger partial charge in [-0.1, -0.05) is 17.7 Å². The molecule has 3 N–H and O–H groups in total. The number of phenolic OH excluding ortho intramolecular Hbond substituents is 1. The number of hydrogen-bond acceptors (Lipinski definition) is 3. The number of hydrogen-bond donors (Lipinski definition) is 3. The van der Waals surface area contributed by atoms with Crippen molar-refractivity contribution in [3.8, 4) is 5.75 Å². The third-order valence-electron chi connectivity index (χ3n) is 2.59. The summed E-state index contributed by atoms with van der Waals surface area (Å²) in [6.45, 7) is 1.30.